The van der Waals surface area contributed by atoms with Gasteiger partial charge in [-0.15, -0.1) is 5.10 Å². The first-order valence-electron chi connectivity index (χ1n) is 15.5. The third-order valence-electron chi connectivity index (χ3n) is 8.38. The Kier molecular flexibility index (Phi) is 10.9. The highest BCUT2D eigenvalue weighted by atomic mass is 32.2. The number of piperazine rings is 2. The molecule has 48 heavy (non-hydrogen) atoms. The standard InChI is InChI=1S/C33H34N8O3S4/c1-24-29(34-35-40(24)27-12-14-28(15-13-27)41(43)44)30(42)31(47-32(45)38-20-16-36(17-21-38)25-8-4-2-5-9-25)48-33(46)39-22-18-37(19-23-39)26-10-6-3-7-11-26/h2-15,31H,16-23H2,1H3. The van der Waals surface area contributed by atoms with Gasteiger partial charge in [0.1, 0.15) is 13.2 Å². The number of nitrogens with zero attached hydrogens (tertiary/aromatic N) is 8. The van der Waals surface area contributed by atoms with Gasteiger partial charge in [0, 0.05) is 75.9 Å². The van der Waals surface area contributed by atoms with Crippen molar-refractivity contribution in [1.29, 1.82) is 0 Å². The monoisotopic (exact) mass is 718 g/mol. The topological polar surface area (TPSA) is 104 Å². The number of carbonyl (C=O) groups is 1. The first-order chi connectivity index (χ1) is 23.3. The van der Waals surface area contributed by atoms with Gasteiger partial charge in [0.2, 0.25) is 5.78 Å². The number of rotatable bonds is 8. The van der Waals surface area contributed by atoms with E-state index in [1.165, 1.54) is 51.7 Å². The number of thiocarbonyl (C=S) groups is 2. The number of hydrogen-bond acceptors (Lipinski definition) is 11. The molecular formula is C33H34N8O3S4. The molecule has 0 bridgehead atoms. The van der Waals surface area contributed by atoms with E-state index in [0.717, 1.165) is 52.4 Å². The summed E-state index contributed by atoms with van der Waals surface area (Å²) < 4.78 is 2.13. The zero-order chi connectivity index (χ0) is 33.6. The molecule has 0 spiro atoms. The molecular weight excluding hydrogens is 685 g/mol. The van der Waals surface area contributed by atoms with Crippen molar-refractivity contribution in [2.24, 2.45) is 0 Å². The zero-order valence-electron chi connectivity index (χ0n) is 26.3. The highest BCUT2D eigenvalue weighted by molar-refractivity contribution is 8.37. The van der Waals surface area contributed by atoms with Crippen LogP contribution in [0, 0.1) is 17.0 Å². The summed E-state index contributed by atoms with van der Waals surface area (Å²) in [7, 11) is 0. The number of para-hydroxylation sites is 2. The van der Waals surface area contributed by atoms with Crippen LogP contribution in [0.25, 0.3) is 5.69 Å². The predicted molar refractivity (Wildman–Crippen MR) is 202 cm³/mol. The van der Waals surface area contributed by atoms with Crippen LogP contribution in [-0.4, -0.2) is 101 Å². The van der Waals surface area contributed by atoms with E-state index in [1.54, 1.807) is 19.1 Å². The van der Waals surface area contributed by atoms with Gasteiger partial charge >= 0.3 is 0 Å². The summed E-state index contributed by atoms with van der Waals surface area (Å²) in [5, 5.41) is 19.6. The van der Waals surface area contributed by atoms with Gasteiger partial charge in [0.15, 0.2) is 5.69 Å². The van der Waals surface area contributed by atoms with Crippen LogP contribution < -0.4 is 9.80 Å². The van der Waals surface area contributed by atoms with Crippen molar-refractivity contribution in [3.8, 4) is 5.69 Å². The number of hydrogen-bond donors (Lipinski definition) is 0. The lowest BCUT2D eigenvalue weighted by atomic mass is 10.2. The van der Waals surface area contributed by atoms with E-state index < -0.39 is 9.51 Å². The van der Waals surface area contributed by atoms with Crippen molar-refractivity contribution in [2.45, 2.75) is 11.5 Å². The highest BCUT2D eigenvalue weighted by Crippen LogP contribution is 2.33. The minimum atomic E-state index is -0.676. The fourth-order valence-electron chi connectivity index (χ4n) is 5.66. The van der Waals surface area contributed by atoms with Crippen molar-refractivity contribution < 1.29 is 9.72 Å². The van der Waals surface area contributed by atoms with Gasteiger partial charge in [0.05, 0.1) is 16.3 Å². The number of aromatic nitrogens is 3. The van der Waals surface area contributed by atoms with Crippen LogP contribution in [0.4, 0.5) is 17.1 Å². The molecule has 2 aliphatic heterocycles. The maximum absolute atomic E-state index is 14.2. The Labute approximate surface area is 298 Å². The van der Waals surface area contributed by atoms with Gasteiger partial charge in [0.25, 0.3) is 5.69 Å². The van der Waals surface area contributed by atoms with Gasteiger partial charge in [-0.2, -0.15) is 0 Å². The Bertz CT molecular complexity index is 1690. The molecule has 6 rings (SSSR count). The van der Waals surface area contributed by atoms with Crippen LogP contribution in [0.2, 0.25) is 0 Å². The van der Waals surface area contributed by atoms with E-state index in [9.17, 15) is 14.9 Å². The molecule has 0 N–H and O–H groups in total. The van der Waals surface area contributed by atoms with Crippen LogP contribution in [0.5, 0.6) is 0 Å². The summed E-state index contributed by atoms with van der Waals surface area (Å²) in [5.74, 6) is -0.230. The van der Waals surface area contributed by atoms with Crippen LogP contribution in [0.1, 0.15) is 16.2 Å². The van der Waals surface area contributed by atoms with Crippen molar-refractivity contribution in [3.05, 3.63) is 106 Å². The lowest BCUT2D eigenvalue weighted by molar-refractivity contribution is -0.384. The molecule has 0 atom stereocenters. The number of benzene rings is 3. The van der Waals surface area contributed by atoms with Crippen molar-refractivity contribution in [3.63, 3.8) is 0 Å². The summed E-state index contributed by atoms with van der Waals surface area (Å²) >= 11 is 14.6. The first-order valence-corrected chi connectivity index (χ1v) is 18.1. The molecule has 0 unspecified atom stereocenters. The number of nitro benzene ring substituents is 1. The van der Waals surface area contributed by atoms with Crippen molar-refractivity contribution in [1.82, 2.24) is 24.8 Å². The molecule has 11 nitrogen and oxygen atoms in total. The van der Waals surface area contributed by atoms with Crippen molar-refractivity contribution >= 4 is 79.4 Å². The second-order valence-corrected chi connectivity index (χ2v) is 15.1. The molecule has 2 saturated heterocycles. The number of nitro groups is 1. The van der Waals surface area contributed by atoms with Gasteiger partial charge in [-0.3, -0.25) is 14.9 Å². The number of carbonyl (C=O) groups excluding carboxylic acids is 1. The third kappa shape index (κ3) is 7.80. The largest absolute Gasteiger partial charge is 0.368 e. The summed E-state index contributed by atoms with van der Waals surface area (Å²) in [6.07, 6.45) is 0. The molecule has 0 aliphatic carbocycles. The molecule has 3 heterocycles. The van der Waals surface area contributed by atoms with Gasteiger partial charge in [-0.05, 0) is 43.3 Å². The van der Waals surface area contributed by atoms with Gasteiger partial charge < -0.3 is 19.6 Å². The fraction of sp³-hybridized carbons (Fsp3) is 0.303. The fourth-order valence-corrected chi connectivity index (χ4v) is 9.18. The average molecular weight is 719 g/mol. The molecule has 0 radical (unpaired) electrons. The maximum atomic E-state index is 14.2. The Morgan fingerprint density at radius 3 is 1.62 bits per heavy atom. The average Bonchev–Trinajstić information content (AvgIpc) is 3.52. The summed E-state index contributed by atoms with van der Waals surface area (Å²) in [4.78, 5) is 33.9. The number of anilines is 2. The normalized spacial score (nSPS) is 15.1. The van der Waals surface area contributed by atoms with E-state index in [-0.39, 0.29) is 17.2 Å². The van der Waals surface area contributed by atoms with E-state index >= 15 is 0 Å². The Balaban J connectivity index is 1.17. The predicted octanol–water partition coefficient (Wildman–Crippen LogP) is 5.67. The van der Waals surface area contributed by atoms with Crippen molar-refractivity contribution in [2.75, 3.05) is 62.2 Å². The number of Topliss-reactive ketones (excluding diaryl/α,β-unsaturated/α-hetero) is 1. The number of ketones is 1. The summed E-state index contributed by atoms with van der Waals surface area (Å²) in [6, 6.07) is 26.6. The summed E-state index contributed by atoms with van der Waals surface area (Å²) in [6.45, 7) is 8.03. The Hall–Kier alpha value is -4.05. The van der Waals surface area contributed by atoms with Gasteiger partial charge in [-0.1, -0.05) is 89.6 Å². The first kappa shape index (κ1) is 33.8. The van der Waals surface area contributed by atoms with Crippen LogP contribution >= 0.6 is 48.0 Å². The molecule has 2 aliphatic rings. The minimum Gasteiger partial charge on any atom is -0.368 e. The highest BCUT2D eigenvalue weighted by Gasteiger charge is 2.33. The van der Waals surface area contributed by atoms with Crippen LogP contribution in [-0.2, 0) is 0 Å². The van der Waals surface area contributed by atoms with Crippen LogP contribution in [0.15, 0.2) is 84.9 Å². The van der Waals surface area contributed by atoms with E-state index in [1.807, 2.05) is 36.4 Å². The van der Waals surface area contributed by atoms with Crippen LogP contribution in [0.3, 0.4) is 0 Å². The molecule has 15 heteroatoms. The molecule has 3 aromatic carbocycles. The molecule has 248 valence electrons. The van der Waals surface area contributed by atoms with Gasteiger partial charge in [-0.25, -0.2) is 4.68 Å². The maximum Gasteiger partial charge on any atom is 0.269 e. The van der Waals surface area contributed by atoms with E-state index in [4.69, 9.17) is 24.4 Å². The number of thioether (sulfide) groups is 2. The van der Waals surface area contributed by atoms with E-state index in [2.05, 4.69) is 54.2 Å². The second kappa shape index (κ2) is 15.4. The molecule has 4 aromatic rings. The SMILES string of the molecule is Cc1c(C(=O)C(SC(=S)N2CCN(c3ccccc3)CC2)SC(=S)N2CCN(c3ccccc3)CC2)nnn1-c1ccc([N+](=O)[O-])cc1. The lowest BCUT2D eigenvalue weighted by Crippen LogP contribution is -2.48. The lowest BCUT2D eigenvalue weighted by Gasteiger charge is -2.38. The quantitative estimate of drug-likeness (QED) is 0.0736. The number of non-ortho nitro benzene ring substituents is 1. The smallest absolute Gasteiger partial charge is 0.269 e. The molecule has 0 amide bonds. The zero-order valence-corrected chi connectivity index (χ0v) is 29.5. The molecule has 0 saturated carbocycles. The Morgan fingerprint density at radius 1 is 0.729 bits per heavy atom. The molecule has 1 aromatic heterocycles. The molecule has 2 fully saturated rings. The third-order valence-corrected chi connectivity index (χ3v) is 11.8. The Morgan fingerprint density at radius 2 is 1.19 bits per heavy atom. The van der Waals surface area contributed by atoms with E-state index in [0.29, 0.717) is 20.0 Å². The second-order valence-electron chi connectivity index (χ2n) is 11.3. The summed E-state index contributed by atoms with van der Waals surface area (Å²) in [5.41, 5.74) is 3.65. The minimum absolute atomic E-state index is 0.0306.